The number of aliphatic hydroxyl groups is 2. The Labute approximate surface area is 386 Å². The molecule has 2 saturated heterocycles. The maximum absolute atomic E-state index is 13.8. The number of aldehydes is 1. The van der Waals surface area contributed by atoms with Crippen LogP contribution >= 0.6 is 23.4 Å². The molecule has 0 spiro atoms. The number of sulfonamides is 1. The summed E-state index contributed by atoms with van der Waals surface area (Å²) in [6.45, 7) is 6.63. The van der Waals surface area contributed by atoms with E-state index >= 15 is 0 Å². The van der Waals surface area contributed by atoms with Crippen molar-refractivity contribution in [3.05, 3.63) is 143 Å². The average Bonchev–Trinajstić information content (AvgIpc) is 3.31. The quantitative estimate of drug-likeness (QED) is 0.0450. The fourth-order valence-corrected chi connectivity index (χ4v) is 10.5. The van der Waals surface area contributed by atoms with E-state index in [1.165, 1.54) is 23.3 Å². The van der Waals surface area contributed by atoms with Crippen molar-refractivity contribution in [2.24, 2.45) is 0 Å². The highest BCUT2D eigenvalue weighted by Gasteiger charge is 2.25. The van der Waals surface area contributed by atoms with Crippen molar-refractivity contribution in [3.8, 4) is 11.1 Å². The number of anilines is 2. The highest BCUT2D eigenvalue weighted by Crippen LogP contribution is 2.29. The fourth-order valence-electron chi connectivity index (χ4n) is 8.31. The van der Waals surface area contributed by atoms with Gasteiger partial charge in [0.25, 0.3) is 15.9 Å². The molecule has 2 fully saturated rings. The first kappa shape index (κ1) is 47.2. The van der Waals surface area contributed by atoms with Gasteiger partial charge in [-0.3, -0.25) is 9.69 Å². The molecule has 2 aliphatic rings. The Morgan fingerprint density at radius 3 is 2.23 bits per heavy atom. The molecule has 1 unspecified atom stereocenters. The van der Waals surface area contributed by atoms with E-state index in [0.717, 1.165) is 99.8 Å². The van der Waals surface area contributed by atoms with Gasteiger partial charge in [0, 0.05) is 104 Å². The molecule has 2 aliphatic heterocycles. The van der Waals surface area contributed by atoms with Gasteiger partial charge in [-0.1, -0.05) is 66.2 Å². The lowest BCUT2D eigenvalue weighted by molar-refractivity contribution is -0.108. The van der Waals surface area contributed by atoms with Gasteiger partial charge in [-0.15, -0.1) is 11.8 Å². The van der Waals surface area contributed by atoms with Crippen molar-refractivity contribution < 1.29 is 28.2 Å². The monoisotopic (exact) mass is 923 g/mol. The van der Waals surface area contributed by atoms with Crippen LogP contribution in [0.4, 0.5) is 11.4 Å². The summed E-state index contributed by atoms with van der Waals surface area (Å²) in [4.78, 5) is 32.7. The number of carbonyl (C=O) groups is 2. The van der Waals surface area contributed by atoms with Gasteiger partial charge in [0.1, 0.15) is 6.29 Å². The van der Waals surface area contributed by atoms with Crippen LogP contribution in [-0.2, 0) is 27.8 Å². The molecular formula is C50H58ClN5O6S2. The topological polar surface area (TPSA) is 143 Å². The van der Waals surface area contributed by atoms with Crippen LogP contribution < -0.4 is 14.9 Å². The molecule has 11 nitrogen and oxygen atoms in total. The highest BCUT2D eigenvalue weighted by atomic mass is 35.5. The van der Waals surface area contributed by atoms with Crippen molar-refractivity contribution in [2.75, 3.05) is 61.8 Å². The van der Waals surface area contributed by atoms with Gasteiger partial charge in [-0.05, 0) is 115 Å². The molecule has 0 bridgehead atoms. The van der Waals surface area contributed by atoms with Crippen LogP contribution in [-0.4, -0.2) is 110 Å². The number of nitrogens with zero attached hydrogens (tertiary/aromatic N) is 3. The zero-order valence-corrected chi connectivity index (χ0v) is 38.4. The number of hydrogen-bond acceptors (Lipinski definition) is 11. The van der Waals surface area contributed by atoms with Crippen LogP contribution in [0.15, 0.2) is 131 Å². The van der Waals surface area contributed by atoms with Gasteiger partial charge in [-0.25, -0.2) is 13.1 Å². The third-order valence-corrected chi connectivity index (χ3v) is 14.8. The average molecular weight is 925 g/mol. The summed E-state index contributed by atoms with van der Waals surface area (Å²) >= 11 is 7.87. The van der Waals surface area contributed by atoms with Crippen molar-refractivity contribution in [3.63, 3.8) is 0 Å². The zero-order valence-electron chi connectivity index (χ0n) is 36.0. The first-order valence-corrected chi connectivity index (χ1v) is 25.0. The number of hydrogen-bond donors (Lipinski definition) is 4. The van der Waals surface area contributed by atoms with E-state index in [0.29, 0.717) is 16.3 Å². The van der Waals surface area contributed by atoms with E-state index in [1.807, 2.05) is 54.6 Å². The Bertz CT molecular complexity index is 2390. The molecule has 5 aromatic rings. The summed E-state index contributed by atoms with van der Waals surface area (Å²) in [6, 6.07) is 38.2. The molecule has 0 aromatic heterocycles. The zero-order chi connectivity index (χ0) is 44.9. The summed E-state index contributed by atoms with van der Waals surface area (Å²) in [6.07, 6.45) is 2.44. The minimum absolute atomic E-state index is 0.0137. The third-order valence-electron chi connectivity index (χ3n) is 12.0. The largest absolute Gasteiger partial charge is 0.393 e. The molecule has 64 heavy (non-hydrogen) atoms. The molecule has 0 aliphatic carbocycles. The molecule has 2 atom stereocenters. The highest BCUT2D eigenvalue weighted by molar-refractivity contribution is 7.99. The minimum atomic E-state index is -4.31. The molecule has 2 heterocycles. The summed E-state index contributed by atoms with van der Waals surface area (Å²) < 4.78 is 29.9. The molecular weight excluding hydrogens is 866 g/mol. The van der Waals surface area contributed by atoms with Gasteiger partial charge in [0.05, 0.1) is 17.1 Å². The number of carbonyl (C=O) groups excluding carboxylic acids is 2. The predicted octanol–water partition coefficient (Wildman–Crippen LogP) is 7.75. The van der Waals surface area contributed by atoms with E-state index in [1.54, 1.807) is 30.0 Å². The Hall–Kier alpha value is -4.73. The van der Waals surface area contributed by atoms with E-state index in [9.17, 15) is 28.2 Å². The number of likely N-dealkylation sites (tertiary alicyclic amines) is 1. The Morgan fingerprint density at radius 1 is 0.812 bits per heavy atom. The van der Waals surface area contributed by atoms with Crippen molar-refractivity contribution in [1.82, 2.24) is 14.5 Å². The van der Waals surface area contributed by atoms with E-state index < -0.39 is 22.0 Å². The fraction of sp³-hybridized carbons (Fsp3) is 0.360. The van der Waals surface area contributed by atoms with Crippen LogP contribution in [0, 0.1) is 0 Å². The van der Waals surface area contributed by atoms with Crippen LogP contribution in [0.2, 0.25) is 5.02 Å². The van der Waals surface area contributed by atoms with Gasteiger partial charge in [-0.2, -0.15) is 0 Å². The van der Waals surface area contributed by atoms with Crippen molar-refractivity contribution >= 4 is 57.0 Å². The van der Waals surface area contributed by atoms with Gasteiger partial charge >= 0.3 is 0 Å². The summed E-state index contributed by atoms with van der Waals surface area (Å²) in [5.41, 5.74) is 6.00. The van der Waals surface area contributed by atoms with Crippen molar-refractivity contribution in [1.29, 1.82) is 0 Å². The third kappa shape index (κ3) is 13.4. The SMILES string of the molecule is O=CCCC(O)Cc1cc(S(=O)(=O)NC(=O)c2ccc(N3CCN(Cc4ccccc4-c4ccc(Cl)cc4)CC3)cc2)ccc1N[C@H](CCN1CCC(O)CC1)CSc1ccccc1. The van der Waals surface area contributed by atoms with Crippen LogP contribution in [0.25, 0.3) is 11.1 Å². The van der Waals surface area contributed by atoms with Gasteiger partial charge < -0.3 is 30.1 Å². The second-order valence-electron chi connectivity index (χ2n) is 16.7. The van der Waals surface area contributed by atoms with E-state index in [4.69, 9.17) is 11.6 Å². The Kier molecular flexibility index (Phi) is 16.9. The van der Waals surface area contributed by atoms with Crippen molar-refractivity contribution in [2.45, 2.75) is 73.1 Å². The maximum Gasteiger partial charge on any atom is 0.264 e. The number of thioether (sulfide) groups is 1. The molecule has 14 heteroatoms. The Morgan fingerprint density at radius 2 is 1.52 bits per heavy atom. The summed E-state index contributed by atoms with van der Waals surface area (Å²) in [5.74, 6) is -0.00624. The molecule has 5 aromatic carbocycles. The molecule has 7 rings (SSSR count). The molecule has 0 saturated carbocycles. The molecule has 0 radical (unpaired) electrons. The smallest absolute Gasteiger partial charge is 0.264 e. The Balaban J connectivity index is 0.992. The standard InChI is InChI=1S/C50H58ClN5O6S2/c51-41-16-12-37(13-17-41)48-11-5-4-7-39(48)35-55-28-30-56(31-29-55)43-18-14-38(15-19-43)50(60)53-64(61,62)47-20-21-49(40(34-47)33-45(59)8-6-32-57)52-42(36-63-46-9-2-1-3-10-46)22-25-54-26-23-44(58)24-27-54/h1-5,7,9-21,32,34,42,44-45,52,58-59H,6,8,22-31,33,35-36H2,(H,53,60)/t42-,45?/m1/s1. The predicted molar refractivity (Wildman–Crippen MR) is 258 cm³/mol. The van der Waals surface area contributed by atoms with Crippen LogP contribution in [0.1, 0.15) is 53.6 Å². The van der Waals surface area contributed by atoms with Gasteiger partial charge in [0.2, 0.25) is 0 Å². The normalized spacial score (nSPS) is 16.3. The number of piperidine rings is 1. The number of halogens is 1. The maximum atomic E-state index is 13.8. The summed E-state index contributed by atoms with van der Waals surface area (Å²) in [7, 11) is -4.31. The molecule has 4 N–H and O–H groups in total. The lowest BCUT2D eigenvalue weighted by atomic mass is 9.99. The summed E-state index contributed by atoms with van der Waals surface area (Å²) in [5, 5.41) is 25.3. The minimum Gasteiger partial charge on any atom is -0.393 e. The lowest BCUT2D eigenvalue weighted by Crippen LogP contribution is -2.46. The number of nitrogens with one attached hydrogen (secondary N) is 2. The van der Waals surface area contributed by atoms with E-state index in [-0.39, 0.29) is 41.9 Å². The van der Waals surface area contributed by atoms with Gasteiger partial charge in [0.15, 0.2) is 0 Å². The number of piperazine rings is 1. The van der Waals surface area contributed by atoms with Crippen LogP contribution in [0.5, 0.6) is 0 Å². The molecule has 338 valence electrons. The lowest BCUT2D eigenvalue weighted by Gasteiger charge is -2.36. The van der Waals surface area contributed by atoms with E-state index in [2.05, 4.69) is 61.1 Å². The van der Waals surface area contributed by atoms with Crippen LogP contribution in [0.3, 0.4) is 0 Å². The second-order valence-corrected chi connectivity index (χ2v) is 19.9. The number of rotatable bonds is 20. The first-order valence-electron chi connectivity index (χ1n) is 22.1. The number of aliphatic hydroxyl groups excluding tert-OH is 2. The number of amides is 1. The first-order chi connectivity index (χ1) is 31.0. The number of benzene rings is 5. The molecule has 1 amide bonds. The second kappa shape index (κ2) is 22.9.